The van der Waals surface area contributed by atoms with Gasteiger partial charge >= 0.3 is 175 Å². The summed E-state index contributed by atoms with van der Waals surface area (Å²) in [6.45, 7) is 16.7. The predicted octanol–water partition coefficient (Wildman–Crippen LogP) is 5.91. The van der Waals surface area contributed by atoms with Gasteiger partial charge in [-0.3, -0.25) is 0 Å². The molecule has 0 bridgehead atoms. The SMILES string of the molecule is CC(C)(C)CC(C)(C)NC(=O)OP(C)(N)(Cl)OC(=O)NC(C)(C)CC(C)(C)C. The number of rotatable bonds is 6. The van der Waals surface area contributed by atoms with Crippen molar-refractivity contribution in [1.82, 2.24) is 10.6 Å². The molecule has 168 valence electrons. The molecule has 9 heteroatoms. The molecule has 7 nitrogen and oxygen atoms in total. The third kappa shape index (κ3) is 13.4. The van der Waals surface area contributed by atoms with Crippen LogP contribution < -0.4 is 16.1 Å². The summed E-state index contributed by atoms with van der Waals surface area (Å²) < 4.78 is 10.4. The number of carbonyl (C=O) groups is 2. The Kier molecular flexibility index (Phi) is 7.93. The van der Waals surface area contributed by atoms with Crippen LogP contribution in [0.3, 0.4) is 0 Å². The van der Waals surface area contributed by atoms with E-state index < -0.39 is 29.8 Å². The third-order valence-corrected chi connectivity index (χ3v) is 5.03. The van der Waals surface area contributed by atoms with E-state index in [1.807, 2.05) is 27.7 Å². The van der Waals surface area contributed by atoms with Crippen molar-refractivity contribution in [1.29, 1.82) is 0 Å². The average molecular weight is 442 g/mol. The molecule has 0 saturated carbocycles. The zero-order valence-electron chi connectivity index (χ0n) is 19.4. The second-order valence-corrected chi connectivity index (χ2v) is 17.0. The summed E-state index contributed by atoms with van der Waals surface area (Å²) in [6, 6.07) is 0. The first-order valence-electron chi connectivity index (χ1n) is 9.47. The maximum atomic E-state index is 12.3. The van der Waals surface area contributed by atoms with Gasteiger partial charge in [0.2, 0.25) is 0 Å². The minimum absolute atomic E-state index is 0.00673. The Morgan fingerprint density at radius 1 is 0.786 bits per heavy atom. The summed E-state index contributed by atoms with van der Waals surface area (Å²) in [4.78, 5) is 24.7. The van der Waals surface area contributed by atoms with Crippen molar-refractivity contribution in [3.63, 3.8) is 0 Å². The van der Waals surface area contributed by atoms with Gasteiger partial charge in [0, 0.05) is 0 Å². The molecule has 0 saturated heterocycles. The van der Waals surface area contributed by atoms with Gasteiger partial charge < -0.3 is 0 Å². The number of nitrogens with two attached hydrogens (primary N) is 1. The van der Waals surface area contributed by atoms with Gasteiger partial charge in [-0.25, -0.2) is 0 Å². The van der Waals surface area contributed by atoms with Gasteiger partial charge in [-0.2, -0.15) is 0 Å². The summed E-state index contributed by atoms with van der Waals surface area (Å²) in [6.07, 6.45) is -0.254. The average Bonchev–Trinajstić information content (AvgIpc) is 2.12. The molecule has 0 aromatic heterocycles. The Balaban J connectivity index is 5.01. The molecule has 0 fully saturated rings. The summed E-state index contributed by atoms with van der Waals surface area (Å²) in [7, 11) is 0. The van der Waals surface area contributed by atoms with E-state index in [2.05, 4.69) is 52.2 Å². The summed E-state index contributed by atoms with van der Waals surface area (Å²) in [5, 5.41) is 5.48. The molecule has 0 heterocycles. The van der Waals surface area contributed by atoms with Crippen LogP contribution >= 0.6 is 17.8 Å². The Morgan fingerprint density at radius 2 is 1.04 bits per heavy atom. The molecule has 28 heavy (non-hydrogen) atoms. The molecule has 0 unspecified atom stereocenters. The number of nitrogens with one attached hydrogen (secondary N) is 2. The molecule has 2 amide bonds. The van der Waals surface area contributed by atoms with Gasteiger partial charge in [0.05, 0.1) is 0 Å². The van der Waals surface area contributed by atoms with Crippen LogP contribution in [-0.2, 0) is 9.05 Å². The quantitative estimate of drug-likeness (QED) is 0.444. The Hall–Kier alpha value is -0.780. The minimum atomic E-state index is -4.48. The van der Waals surface area contributed by atoms with Gasteiger partial charge in [0.25, 0.3) is 0 Å². The Labute approximate surface area is 175 Å². The third-order valence-electron chi connectivity index (χ3n) is 3.42. The standard InChI is InChI=1S/C19H41ClN3O4P/c1-16(2,3)12-18(7,8)22-14(24)26-28(11,20,21)27-15(25)23-19(9,10)13-17(4,5)6/h12-13,21H2,1-11H3,(H,22,24)(H,23,25). The van der Waals surface area contributed by atoms with E-state index in [0.717, 1.165) is 0 Å². The van der Waals surface area contributed by atoms with E-state index in [4.69, 9.17) is 25.8 Å². The number of hydrogen-bond acceptors (Lipinski definition) is 5. The molecule has 4 N–H and O–H groups in total. The molecule has 0 aliphatic carbocycles. The van der Waals surface area contributed by atoms with E-state index in [1.165, 1.54) is 6.66 Å². The maximum absolute atomic E-state index is 12.3. The number of halogens is 1. The Bertz CT molecular complexity index is 537. The molecule has 0 aromatic rings. The molecule has 0 aliphatic heterocycles. The summed E-state index contributed by atoms with van der Waals surface area (Å²) >= 11 is 6.25. The van der Waals surface area contributed by atoms with Crippen molar-refractivity contribution < 1.29 is 18.6 Å². The normalized spacial score (nSPS) is 15.2. The fourth-order valence-corrected chi connectivity index (χ4v) is 5.04. The molecular weight excluding hydrogens is 401 g/mol. The summed E-state index contributed by atoms with van der Waals surface area (Å²) in [5.74, 6) is 0. The van der Waals surface area contributed by atoms with Crippen LogP contribution in [0.25, 0.3) is 0 Å². The molecule has 0 aliphatic rings. The van der Waals surface area contributed by atoms with Gasteiger partial charge in [-0.15, -0.1) is 0 Å². The van der Waals surface area contributed by atoms with Crippen LogP contribution in [0, 0.1) is 10.8 Å². The van der Waals surface area contributed by atoms with Crippen LogP contribution in [0.4, 0.5) is 9.59 Å². The first-order chi connectivity index (χ1) is 11.9. The fourth-order valence-electron chi connectivity index (χ4n) is 3.75. The van der Waals surface area contributed by atoms with Gasteiger partial charge in [0.1, 0.15) is 0 Å². The van der Waals surface area contributed by atoms with E-state index >= 15 is 0 Å². The molecule has 0 spiro atoms. The summed E-state index contributed by atoms with van der Waals surface area (Å²) in [5.41, 5.74) is 4.86. The molecule has 0 rings (SSSR count). The van der Waals surface area contributed by atoms with Crippen molar-refractivity contribution in [3.05, 3.63) is 0 Å². The Morgan fingerprint density at radius 3 is 1.25 bits per heavy atom. The van der Waals surface area contributed by atoms with E-state index in [1.54, 1.807) is 0 Å². The van der Waals surface area contributed by atoms with Crippen LogP contribution in [0.15, 0.2) is 0 Å². The number of amides is 2. The first-order valence-corrected chi connectivity index (χ1v) is 13.0. The van der Waals surface area contributed by atoms with Crippen molar-refractivity contribution in [3.8, 4) is 0 Å². The van der Waals surface area contributed by atoms with Crippen LogP contribution in [0.1, 0.15) is 82.1 Å². The molecular formula is C19H41ClN3O4P. The first kappa shape index (κ1) is 27.2. The topological polar surface area (TPSA) is 103 Å². The van der Waals surface area contributed by atoms with Crippen molar-refractivity contribution >= 4 is 30.0 Å². The van der Waals surface area contributed by atoms with Gasteiger partial charge in [-0.05, 0) is 0 Å². The molecule has 0 radical (unpaired) electrons. The van der Waals surface area contributed by atoms with Crippen LogP contribution in [0.2, 0.25) is 0 Å². The van der Waals surface area contributed by atoms with E-state index in [-0.39, 0.29) is 10.8 Å². The van der Waals surface area contributed by atoms with E-state index in [0.29, 0.717) is 12.8 Å². The second kappa shape index (κ2) is 8.16. The zero-order chi connectivity index (χ0) is 22.8. The van der Waals surface area contributed by atoms with Crippen LogP contribution in [-0.4, -0.2) is 29.9 Å². The van der Waals surface area contributed by atoms with E-state index in [9.17, 15) is 9.59 Å². The van der Waals surface area contributed by atoms with Crippen molar-refractivity contribution in [2.45, 2.75) is 93.2 Å². The van der Waals surface area contributed by atoms with Gasteiger partial charge in [0.15, 0.2) is 0 Å². The monoisotopic (exact) mass is 441 g/mol. The molecule has 0 aromatic carbocycles. The van der Waals surface area contributed by atoms with Crippen molar-refractivity contribution in [2.75, 3.05) is 6.66 Å². The predicted molar refractivity (Wildman–Crippen MR) is 118 cm³/mol. The number of carbonyl (C=O) groups excluding carboxylic acids is 2. The van der Waals surface area contributed by atoms with Gasteiger partial charge in [-0.1, -0.05) is 0 Å². The fraction of sp³-hybridized carbons (Fsp3) is 0.895. The molecule has 0 atom stereocenters. The zero-order valence-corrected chi connectivity index (χ0v) is 21.1. The second-order valence-electron chi connectivity index (χ2n) is 11.6. The van der Waals surface area contributed by atoms with Crippen LogP contribution in [0.5, 0.6) is 0 Å². The number of hydrogen-bond donors (Lipinski definition) is 3. The van der Waals surface area contributed by atoms with Crippen molar-refractivity contribution in [2.24, 2.45) is 16.3 Å².